The number of nitrogens with zero attached hydrogens (tertiary/aromatic N) is 4. The molecule has 2 aromatic heterocycles. The van der Waals surface area contributed by atoms with Crippen LogP contribution in [0.2, 0.25) is 0 Å². The molecule has 0 aliphatic carbocycles. The van der Waals surface area contributed by atoms with E-state index in [2.05, 4.69) is 59.2 Å². The Bertz CT molecular complexity index is 1470. The topological polar surface area (TPSA) is 50.5 Å². The van der Waals surface area contributed by atoms with Gasteiger partial charge in [0.25, 0.3) is 5.56 Å². The lowest BCUT2D eigenvalue weighted by Gasteiger charge is -2.20. The molecule has 6 heteroatoms. The number of hydrogen-bond acceptors (Lipinski definition) is 5. The molecule has 31 heavy (non-hydrogen) atoms. The van der Waals surface area contributed by atoms with Crippen molar-refractivity contribution in [2.24, 2.45) is 0 Å². The minimum absolute atomic E-state index is 0.133. The Hall–Kier alpha value is -3.51. The SMILES string of the molecule is CCN(CC)c1ccc(/C=c2/sc3nc(-c4cccc5ccccc45)nn3c2=O)cc1. The van der Waals surface area contributed by atoms with E-state index in [4.69, 9.17) is 0 Å². The van der Waals surface area contributed by atoms with Crippen molar-refractivity contribution in [2.75, 3.05) is 18.0 Å². The van der Waals surface area contributed by atoms with Crippen molar-refractivity contribution in [1.29, 1.82) is 0 Å². The normalized spacial score (nSPS) is 12.1. The lowest BCUT2D eigenvalue weighted by atomic mass is 10.0. The van der Waals surface area contributed by atoms with Gasteiger partial charge in [-0.3, -0.25) is 4.79 Å². The quantitative estimate of drug-likeness (QED) is 0.419. The van der Waals surface area contributed by atoms with Crippen LogP contribution in [0.15, 0.2) is 71.5 Å². The molecule has 0 aliphatic heterocycles. The molecule has 0 atom stereocenters. The van der Waals surface area contributed by atoms with Gasteiger partial charge in [-0.2, -0.15) is 9.50 Å². The summed E-state index contributed by atoms with van der Waals surface area (Å²) < 4.78 is 2.05. The fraction of sp³-hybridized carbons (Fsp3) is 0.160. The molecular weight excluding hydrogens is 404 g/mol. The predicted octanol–water partition coefficient (Wildman–Crippen LogP) is 4.37. The van der Waals surface area contributed by atoms with Gasteiger partial charge in [-0.25, -0.2) is 0 Å². The van der Waals surface area contributed by atoms with Crippen molar-refractivity contribution < 1.29 is 0 Å². The first-order chi connectivity index (χ1) is 15.2. The first-order valence-corrected chi connectivity index (χ1v) is 11.2. The van der Waals surface area contributed by atoms with Crippen LogP contribution in [0.3, 0.4) is 0 Å². The van der Waals surface area contributed by atoms with Gasteiger partial charge in [-0.05, 0) is 48.4 Å². The van der Waals surface area contributed by atoms with Gasteiger partial charge in [0.05, 0.1) is 4.53 Å². The van der Waals surface area contributed by atoms with Crippen molar-refractivity contribution >= 4 is 38.8 Å². The largest absolute Gasteiger partial charge is 0.372 e. The highest BCUT2D eigenvalue weighted by Gasteiger charge is 2.14. The van der Waals surface area contributed by atoms with E-state index in [1.807, 2.05) is 42.5 Å². The molecule has 0 unspecified atom stereocenters. The Morgan fingerprint density at radius 1 is 0.968 bits per heavy atom. The summed E-state index contributed by atoms with van der Waals surface area (Å²) in [5.74, 6) is 0.579. The Kier molecular flexibility index (Phi) is 5.00. The molecule has 0 bridgehead atoms. The van der Waals surface area contributed by atoms with Gasteiger partial charge in [0.15, 0.2) is 5.82 Å². The van der Waals surface area contributed by atoms with E-state index < -0.39 is 0 Å². The van der Waals surface area contributed by atoms with Crippen LogP contribution in [0.4, 0.5) is 5.69 Å². The maximum absolute atomic E-state index is 12.9. The number of rotatable bonds is 5. The zero-order chi connectivity index (χ0) is 21.4. The molecule has 5 aromatic rings. The molecule has 0 radical (unpaired) electrons. The van der Waals surface area contributed by atoms with Crippen molar-refractivity contribution in [3.63, 3.8) is 0 Å². The molecule has 5 rings (SSSR count). The molecule has 154 valence electrons. The minimum Gasteiger partial charge on any atom is -0.372 e. The summed E-state index contributed by atoms with van der Waals surface area (Å²) in [6, 6.07) is 22.5. The molecule has 0 amide bonds. The van der Waals surface area contributed by atoms with Crippen molar-refractivity contribution in [1.82, 2.24) is 14.6 Å². The van der Waals surface area contributed by atoms with Crippen molar-refractivity contribution in [3.8, 4) is 11.4 Å². The summed E-state index contributed by atoms with van der Waals surface area (Å²) >= 11 is 1.37. The second kappa shape index (κ2) is 7.96. The van der Waals surface area contributed by atoms with Crippen molar-refractivity contribution in [3.05, 3.63) is 87.2 Å². The standard InChI is InChI=1S/C25H22N4OS/c1-3-28(4-2)19-14-12-17(13-15-19)16-22-24(30)29-25(31-22)26-23(27-29)21-11-7-9-18-8-5-6-10-20(18)21/h5-16H,3-4H2,1-2H3/b22-16+. The summed E-state index contributed by atoms with van der Waals surface area (Å²) in [6.07, 6.45) is 1.91. The summed E-state index contributed by atoms with van der Waals surface area (Å²) in [4.78, 5) is 20.5. The van der Waals surface area contributed by atoms with Gasteiger partial charge in [-0.15, -0.1) is 5.10 Å². The summed E-state index contributed by atoms with van der Waals surface area (Å²) in [7, 11) is 0. The molecule has 3 aromatic carbocycles. The highest BCUT2D eigenvalue weighted by molar-refractivity contribution is 7.15. The lowest BCUT2D eigenvalue weighted by Crippen LogP contribution is -2.23. The van der Waals surface area contributed by atoms with Crippen molar-refractivity contribution in [2.45, 2.75) is 13.8 Å². The summed E-state index contributed by atoms with van der Waals surface area (Å²) in [5, 5.41) is 6.74. The molecule has 0 spiro atoms. The van der Waals surface area contributed by atoms with E-state index in [-0.39, 0.29) is 5.56 Å². The van der Waals surface area contributed by atoms with Gasteiger partial charge in [0, 0.05) is 24.3 Å². The van der Waals surface area contributed by atoms with E-state index in [1.165, 1.54) is 21.5 Å². The summed E-state index contributed by atoms with van der Waals surface area (Å²) in [6.45, 7) is 6.23. The first-order valence-electron chi connectivity index (χ1n) is 10.4. The van der Waals surface area contributed by atoms with E-state index >= 15 is 0 Å². The molecule has 0 fully saturated rings. The number of thiazole rings is 1. The van der Waals surface area contributed by atoms with Crippen LogP contribution in [0.5, 0.6) is 0 Å². The van der Waals surface area contributed by atoms with Gasteiger partial charge >= 0.3 is 0 Å². The van der Waals surface area contributed by atoms with Crippen LogP contribution in [0.1, 0.15) is 19.4 Å². The Balaban J connectivity index is 1.53. The van der Waals surface area contributed by atoms with E-state index in [1.54, 1.807) is 0 Å². The Morgan fingerprint density at radius 2 is 1.71 bits per heavy atom. The zero-order valence-electron chi connectivity index (χ0n) is 17.4. The lowest BCUT2D eigenvalue weighted by molar-refractivity contribution is 0.866. The van der Waals surface area contributed by atoms with Crippen LogP contribution in [0, 0.1) is 0 Å². The second-order valence-corrected chi connectivity index (χ2v) is 8.35. The van der Waals surface area contributed by atoms with Gasteiger partial charge in [0.1, 0.15) is 0 Å². The second-order valence-electron chi connectivity index (χ2n) is 7.34. The van der Waals surface area contributed by atoms with E-state index in [9.17, 15) is 4.79 Å². The molecule has 0 saturated carbocycles. The van der Waals surface area contributed by atoms with Gasteiger partial charge in [-0.1, -0.05) is 65.9 Å². The molecule has 0 saturated heterocycles. The number of hydrogen-bond donors (Lipinski definition) is 0. The fourth-order valence-corrected chi connectivity index (χ4v) is 4.80. The third-order valence-electron chi connectivity index (χ3n) is 5.53. The Morgan fingerprint density at radius 3 is 2.45 bits per heavy atom. The number of benzene rings is 3. The monoisotopic (exact) mass is 426 g/mol. The van der Waals surface area contributed by atoms with Crippen LogP contribution in [0.25, 0.3) is 33.2 Å². The number of aromatic nitrogens is 3. The molecule has 0 aliphatic rings. The molecule has 2 heterocycles. The van der Waals surface area contributed by atoms with Crippen LogP contribution >= 0.6 is 11.3 Å². The van der Waals surface area contributed by atoms with Crippen LogP contribution in [-0.2, 0) is 0 Å². The smallest absolute Gasteiger partial charge is 0.291 e. The van der Waals surface area contributed by atoms with Gasteiger partial charge in [0.2, 0.25) is 4.96 Å². The molecule has 0 N–H and O–H groups in total. The third-order valence-corrected chi connectivity index (χ3v) is 6.49. The van der Waals surface area contributed by atoms with Crippen LogP contribution < -0.4 is 15.0 Å². The van der Waals surface area contributed by atoms with E-state index in [0.29, 0.717) is 15.3 Å². The maximum Gasteiger partial charge on any atom is 0.291 e. The van der Waals surface area contributed by atoms with Crippen LogP contribution in [-0.4, -0.2) is 27.7 Å². The number of anilines is 1. The average molecular weight is 427 g/mol. The fourth-order valence-electron chi connectivity index (χ4n) is 3.89. The molecule has 5 nitrogen and oxygen atoms in total. The maximum atomic E-state index is 12.9. The first kappa shape index (κ1) is 19.5. The highest BCUT2D eigenvalue weighted by Crippen LogP contribution is 2.26. The zero-order valence-corrected chi connectivity index (χ0v) is 18.3. The van der Waals surface area contributed by atoms with E-state index in [0.717, 1.165) is 35.0 Å². The Labute approximate surface area is 183 Å². The highest BCUT2D eigenvalue weighted by atomic mass is 32.1. The number of fused-ring (bicyclic) bond motifs is 2. The third kappa shape index (κ3) is 3.49. The molecular formula is C25H22N4OS. The predicted molar refractivity (Wildman–Crippen MR) is 129 cm³/mol. The minimum atomic E-state index is -0.133. The summed E-state index contributed by atoms with van der Waals surface area (Å²) in [5.41, 5.74) is 2.98. The van der Waals surface area contributed by atoms with Gasteiger partial charge < -0.3 is 4.90 Å². The average Bonchev–Trinajstić information content (AvgIpc) is 3.34.